The number of hydrogen-bond acceptors (Lipinski definition) is 3. The summed E-state index contributed by atoms with van der Waals surface area (Å²) < 4.78 is 0. The van der Waals surface area contributed by atoms with Gasteiger partial charge in [0.2, 0.25) is 0 Å². The van der Waals surface area contributed by atoms with E-state index in [0.29, 0.717) is 11.4 Å². The summed E-state index contributed by atoms with van der Waals surface area (Å²) in [6, 6.07) is 5.11. The molecule has 0 bridgehead atoms. The van der Waals surface area contributed by atoms with E-state index < -0.39 is 0 Å². The Balaban J connectivity index is 2.99. The number of nitrogens with zero attached hydrogens (tertiary/aromatic N) is 1. The molecule has 1 aromatic rings. The molecule has 0 saturated carbocycles. The Hall–Kier alpha value is -0.740. The molecule has 0 saturated heterocycles. The van der Waals surface area contributed by atoms with E-state index in [4.69, 9.17) is 11.6 Å². The van der Waals surface area contributed by atoms with Crippen LogP contribution in [0, 0.1) is 17.0 Å². The van der Waals surface area contributed by atoms with Crippen LogP contribution in [0.1, 0.15) is 12.5 Å². The molecule has 0 aromatic heterocycles. The normalized spacial score (nSPS) is 12.5. The van der Waals surface area contributed by atoms with Gasteiger partial charge in [0.1, 0.15) is 0 Å². The topological polar surface area (TPSA) is 43.1 Å². The zero-order valence-electron chi connectivity index (χ0n) is 8.57. The molecular weight excluding hydrogens is 234 g/mol. The highest BCUT2D eigenvalue weighted by Crippen LogP contribution is 2.31. The fraction of sp³-hybridized carbons (Fsp3) is 0.400. The van der Waals surface area contributed by atoms with E-state index in [1.165, 1.54) is 6.07 Å². The zero-order valence-corrected chi connectivity index (χ0v) is 10.1. The van der Waals surface area contributed by atoms with Crippen LogP contribution >= 0.6 is 23.4 Å². The fourth-order valence-corrected chi connectivity index (χ4v) is 2.30. The second kappa shape index (κ2) is 5.37. The highest BCUT2D eigenvalue weighted by Gasteiger charge is 2.14. The van der Waals surface area contributed by atoms with Crippen LogP contribution in [-0.4, -0.2) is 16.1 Å². The Kier molecular flexibility index (Phi) is 4.42. The number of halogens is 1. The highest BCUT2D eigenvalue weighted by molar-refractivity contribution is 8.00. The fourth-order valence-electron chi connectivity index (χ4n) is 1.18. The Morgan fingerprint density at radius 1 is 1.60 bits per heavy atom. The molecular formula is C10H12ClNO2S. The summed E-state index contributed by atoms with van der Waals surface area (Å²) in [7, 11) is 0. The quantitative estimate of drug-likeness (QED) is 0.352. The molecule has 0 spiro atoms. The van der Waals surface area contributed by atoms with E-state index >= 15 is 0 Å². The summed E-state index contributed by atoms with van der Waals surface area (Å²) in [5, 5.41) is 11.0. The molecule has 5 heteroatoms. The van der Waals surface area contributed by atoms with Crippen molar-refractivity contribution >= 4 is 29.1 Å². The van der Waals surface area contributed by atoms with Gasteiger partial charge in [-0.2, -0.15) is 0 Å². The van der Waals surface area contributed by atoms with Gasteiger partial charge in [0.25, 0.3) is 5.69 Å². The predicted molar refractivity (Wildman–Crippen MR) is 63.9 cm³/mol. The van der Waals surface area contributed by atoms with Crippen LogP contribution in [0.25, 0.3) is 0 Å². The number of hydrogen-bond donors (Lipinski definition) is 0. The van der Waals surface area contributed by atoms with E-state index in [9.17, 15) is 10.1 Å². The third-order valence-electron chi connectivity index (χ3n) is 2.00. The van der Waals surface area contributed by atoms with Gasteiger partial charge in [0.05, 0.1) is 4.92 Å². The second-order valence-corrected chi connectivity index (χ2v) is 5.03. The van der Waals surface area contributed by atoms with E-state index in [1.807, 2.05) is 13.0 Å². The van der Waals surface area contributed by atoms with E-state index in [2.05, 4.69) is 0 Å². The van der Waals surface area contributed by atoms with Gasteiger partial charge in [-0.3, -0.25) is 10.1 Å². The number of benzene rings is 1. The van der Waals surface area contributed by atoms with Crippen molar-refractivity contribution in [2.24, 2.45) is 0 Å². The van der Waals surface area contributed by atoms with Crippen molar-refractivity contribution in [1.29, 1.82) is 0 Å². The van der Waals surface area contributed by atoms with Gasteiger partial charge in [0.15, 0.2) is 0 Å². The maximum Gasteiger partial charge on any atom is 0.273 e. The summed E-state index contributed by atoms with van der Waals surface area (Å²) >= 11 is 7.27. The Morgan fingerprint density at radius 2 is 2.27 bits per heavy atom. The first kappa shape index (κ1) is 12.3. The molecule has 0 aliphatic carbocycles. The lowest BCUT2D eigenvalue weighted by atomic mass is 10.2. The van der Waals surface area contributed by atoms with Gasteiger partial charge in [-0.05, 0) is 13.0 Å². The van der Waals surface area contributed by atoms with Crippen molar-refractivity contribution in [1.82, 2.24) is 0 Å². The molecule has 0 aliphatic heterocycles. The summed E-state index contributed by atoms with van der Waals surface area (Å²) in [5.74, 6) is 0.535. The molecule has 3 nitrogen and oxygen atoms in total. The van der Waals surface area contributed by atoms with Crippen molar-refractivity contribution in [3.8, 4) is 0 Å². The summed E-state index contributed by atoms with van der Waals surface area (Å²) in [6.07, 6.45) is 0. The van der Waals surface area contributed by atoms with Gasteiger partial charge < -0.3 is 0 Å². The van der Waals surface area contributed by atoms with E-state index in [1.54, 1.807) is 24.8 Å². The first-order chi connectivity index (χ1) is 7.06. The minimum absolute atomic E-state index is 0.168. The molecule has 1 atom stereocenters. The minimum atomic E-state index is -0.356. The lowest BCUT2D eigenvalue weighted by Crippen LogP contribution is -1.99. The first-order valence-electron chi connectivity index (χ1n) is 4.53. The maximum atomic E-state index is 10.7. The number of nitro benzene ring substituents is 1. The van der Waals surface area contributed by atoms with Crippen LogP contribution in [0.3, 0.4) is 0 Å². The second-order valence-electron chi connectivity index (χ2n) is 3.24. The molecule has 0 aliphatic rings. The summed E-state index contributed by atoms with van der Waals surface area (Å²) in [6.45, 7) is 3.76. The molecule has 1 rings (SSSR count). The highest BCUT2D eigenvalue weighted by atomic mass is 35.5. The third kappa shape index (κ3) is 3.11. The molecule has 0 heterocycles. The van der Waals surface area contributed by atoms with E-state index in [-0.39, 0.29) is 15.9 Å². The van der Waals surface area contributed by atoms with E-state index in [0.717, 1.165) is 4.90 Å². The van der Waals surface area contributed by atoms with Gasteiger partial charge >= 0.3 is 0 Å². The lowest BCUT2D eigenvalue weighted by Gasteiger charge is -2.09. The van der Waals surface area contributed by atoms with Crippen LogP contribution in [0.2, 0.25) is 0 Å². The zero-order chi connectivity index (χ0) is 11.4. The molecule has 82 valence electrons. The van der Waals surface area contributed by atoms with Crippen LogP contribution in [0.5, 0.6) is 0 Å². The van der Waals surface area contributed by atoms with Gasteiger partial charge in [-0.1, -0.05) is 13.0 Å². The van der Waals surface area contributed by atoms with Crippen LogP contribution in [-0.2, 0) is 0 Å². The molecule has 1 aromatic carbocycles. The Bertz CT molecular complexity index is 370. The predicted octanol–water partition coefficient (Wildman–Crippen LogP) is 3.62. The van der Waals surface area contributed by atoms with Crippen molar-refractivity contribution < 1.29 is 4.92 Å². The molecule has 15 heavy (non-hydrogen) atoms. The molecule has 0 N–H and O–H groups in total. The maximum absolute atomic E-state index is 10.7. The van der Waals surface area contributed by atoms with Crippen molar-refractivity contribution in [2.45, 2.75) is 24.0 Å². The van der Waals surface area contributed by atoms with Crippen molar-refractivity contribution in [2.75, 3.05) is 5.88 Å². The Morgan fingerprint density at radius 3 is 2.80 bits per heavy atom. The Labute approximate surface area is 98.0 Å². The minimum Gasteiger partial charge on any atom is -0.258 e. The number of rotatable bonds is 4. The number of thioether (sulfide) groups is 1. The van der Waals surface area contributed by atoms with Crippen molar-refractivity contribution in [3.63, 3.8) is 0 Å². The standard InChI is InChI=1S/C10H12ClNO2S/c1-7(6-11)15-10-5-3-4-9(8(10)2)12(13)14/h3-5,7H,6H2,1-2H3. The smallest absolute Gasteiger partial charge is 0.258 e. The van der Waals surface area contributed by atoms with Gasteiger partial charge in [0, 0.05) is 27.7 Å². The molecule has 1 unspecified atom stereocenters. The first-order valence-corrected chi connectivity index (χ1v) is 5.94. The average Bonchev–Trinajstić information content (AvgIpc) is 2.20. The lowest BCUT2D eigenvalue weighted by molar-refractivity contribution is -0.385. The summed E-state index contributed by atoms with van der Waals surface area (Å²) in [5.41, 5.74) is 0.881. The van der Waals surface area contributed by atoms with Crippen molar-refractivity contribution in [3.05, 3.63) is 33.9 Å². The summed E-state index contributed by atoms with van der Waals surface area (Å²) in [4.78, 5) is 11.3. The third-order valence-corrected chi connectivity index (χ3v) is 3.91. The monoisotopic (exact) mass is 245 g/mol. The average molecular weight is 246 g/mol. The number of alkyl halides is 1. The van der Waals surface area contributed by atoms with Gasteiger partial charge in [-0.25, -0.2) is 0 Å². The van der Waals surface area contributed by atoms with Crippen LogP contribution < -0.4 is 0 Å². The molecule has 0 fully saturated rings. The van der Waals surface area contributed by atoms with Crippen LogP contribution in [0.15, 0.2) is 23.1 Å². The molecule has 0 amide bonds. The van der Waals surface area contributed by atoms with Crippen LogP contribution in [0.4, 0.5) is 5.69 Å². The largest absolute Gasteiger partial charge is 0.273 e. The number of nitro groups is 1. The molecule has 0 radical (unpaired) electrons. The SMILES string of the molecule is Cc1c(SC(C)CCl)cccc1[N+](=O)[O-]. The van der Waals surface area contributed by atoms with Gasteiger partial charge in [-0.15, -0.1) is 23.4 Å².